The van der Waals surface area contributed by atoms with Crippen molar-refractivity contribution in [1.29, 1.82) is 0 Å². The number of esters is 1. The molecular weight excluding hydrogens is 214 g/mol. The molecule has 1 saturated heterocycles. The van der Waals surface area contributed by atoms with Gasteiger partial charge in [-0.05, 0) is 51.2 Å². The molecule has 0 amide bonds. The lowest BCUT2D eigenvalue weighted by Gasteiger charge is -2.31. The fourth-order valence-corrected chi connectivity index (χ4v) is 2.31. The third-order valence-corrected chi connectivity index (χ3v) is 3.49. The Kier molecular flexibility index (Phi) is 6.56. The highest BCUT2D eigenvalue weighted by atomic mass is 16.5. The molecule has 0 unspecified atom stereocenters. The molecule has 3 heteroatoms. The molecule has 100 valence electrons. The largest absolute Gasteiger partial charge is 0.465 e. The van der Waals surface area contributed by atoms with Gasteiger partial charge in [0.1, 0.15) is 0 Å². The molecule has 3 nitrogen and oxygen atoms in total. The van der Waals surface area contributed by atoms with Crippen LogP contribution < -0.4 is 0 Å². The Hall–Kier alpha value is -0.570. The van der Waals surface area contributed by atoms with Crippen LogP contribution in [0.15, 0.2) is 0 Å². The van der Waals surface area contributed by atoms with Gasteiger partial charge in [-0.3, -0.25) is 4.79 Å². The van der Waals surface area contributed by atoms with Gasteiger partial charge < -0.3 is 9.64 Å². The average molecular weight is 241 g/mol. The molecule has 1 aliphatic rings. The lowest BCUT2D eigenvalue weighted by atomic mass is 9.94. The zero-order valence-corrected chi connectivity index (χ0v) is 11.6. The van der Waals surface area contributed by atoms with Gasteiger partial charge in [0.25, 0.3) is 0 Å². The first-order valence-electron chi connectivity index (χ1n) is 7.02. The zero-order valence-electron chi connectivity index (χ0n) is 11.6. The van der Waals surface area contributed by atoms with E-state index in [0.29, 0.717) is 6.61 Å². The molecule has 0 spiro atoms. The number of nitrogens with zero attached hydrogens (tertiary/aromatic N) is 1. The van der Waals surface area contributed by atoms with Gasteiger partial charge in [-0.15, -0.1) is 0 Å². The molecule has 0 aromatic heterocycles. The molecule has 1 heterocycles. The van der Waals surface area contributed by atoms with Crippen molar-refractivity contribution in [2.75, 3.05) is 26.2 Å². The van der Waals surface area contributed by atoms with Gasteiger partial charge in [0, 0.05) is 0 Å². The Morgan fingerprint density at radius 1 is 1.35 bits per heavy atom. The molecule has 0 aromatic rings. The third kappa shape index (κ3) is 5.53. The van der Waals surface area contributed by atoms with Gasteiger partial charge in [0.2, 0.25) is 0 Å². The fourth-order valence-electron chi connectivity index (χ4n) is 2.31. The smallest absolute Gasteiger partial charge is 0.308 e. The zero-order chi connectivity index (χ0) is 12.7. The third-order valence-electron chi connectivity index (χ3n) is 3.49. The molecule has 17 heavy (non-hydrogen) atoms. The SMILES string of the molecule is CCCN1CCC(CCOC(=O)C(C)C)CC1. The standard InChI is InChI=1S/C14H27NO2/c1-4-8-15-9-5-13(6-10-15)7-11-17-14(16)12(2)3/h12-13H,4-11H2,1-3H3. The van der Waals surface area contributed by atoms with E-state index in [1.54, 1.807) is 0 Å². The summed E-state index contributed by atoms with van der Waals surface area (Å²) in [5, 5.41) is 0. The van der Waals surface area contributed by atoms with Gasteiger partial charge in [0.15, 0.2) is 0 Å². The van der Waals surface area contributed by atoms with Crippen LogP contribution in [-0.4, -0.2) is 37.1 Å². The minimum absolute atomic E-state index is 0.00130. The summed E-state index contributed by atoms with van der Waals surface area (Å²) in [5.41, 5.74) is 0. The maximum Gasteiger partial charge on any atom is 0.308 e. The Morgan fingerprint density at radius 2 is 2.00 bits per heavy atom. The van der Waals surface area contributed by atoms with Crippen molar-refractivity contribution in [3.63, 3.8) is 0 Å². The molecule has 0 radical (unpaired) electrons. The number of carbonyl (C=O) groups is 1. The number of hydrogen-bond acceptors (Lipinski definition) is 3. The predicted octanol–water partition coefficient (Wildman–Crippen LogP) is 2.70. The maximum absolute atomic E-state index is 11.3. The molecule has 1 rings (SSSR count). The molecule has 0 aromatic carbocycles. The summed E-state index contributed by atoms with van der Waals surface area (Å²) < 4.78 is 5.23. The van der Waals surface area contributed by atoms with Crippen molar-refractivity contribution >= 4 is 5.97 Å². The second kappa shape index (κ2) is 7.70. The number of rotatable bonds is 6. The Morgan fingerprint density at radius 3 is 2.53 bits per heavy atom. The fraction of sp³-hybridized carbons (Fsp3) is 0.929. The molecule has 1 fully saturated rings. The summed E-state index contributed by atoms with van der Waals surface area (Å²) >= 11 is 0. The Balaban J connectivity index is 2.08. The van der Waals surface area contributed by atoms with Crippen molar-refractivity contribution in [1.82, 2.24) is 4.90 Å². The van der Waals surface area contributed by atoms with Gasteiger partial charge in [-0.2, -0.15) is 0 Å². The van der Waals surface area contributed by atoms with Crippen LogP contribution >= 0.6 is 0 Å². The van der Waals surface area contributed by atoms with E-state index in [1.165, 1.54) is 38.9 Å². The van der Waals surface area contributed by atoms with Gasteiger partial charge >= 0.3 is 5.97 Å². The molecule has 0 N–H and O–H groups in total. The quantitative estimate of drug-likeness (QED) is 0.670. The number of hydrogen-bond donors (Lipinski definition) is 0. The van der Waals surface area contributed by atoms with Crippen molar-refractivity contribution in [2.24, 2.45) is 11.8 Å². The molecule has 1 aliphatic heterocycles. The number of piperidine rings is 1. The van der Waals surface area contributed by atoms with E-state index in [4.69, 9.17) is 4.74 Å². The summed E-state index contributed by atoms with van der Waals surface area (Å²) in [6.07, 6.45) is 4.81. The van der Waals surface area contributed by atoms with Crippen LogP contribution in [0.3, 0.4) is 0 Å². The minimum atomic E-state index is -0.0616. The molecule has 0 bridgehead atoms. The first-order chi connectivity index (χ1) is 8.13. The van der Waals surface area contributed by atoms with Crippen LogP contribution in [0.25, 0.3) is 0 Å². The van der Waals surface area contributed by atoms with Crippen LogP contribution in [0.2, 0.25) is 0 Å². The van der Waals surface area contributed by atoms with E-state index in [0.717, 1.165) is 12.3 Å². The van der Waals surface area contributed by atoms with E-state index >= 15 is 0 Å². The van der Waals surface area contributed by atoms with Crippen molar-refractivity contribution in [2.45, 2.75) is 46.5 Å². The van der Waals surface area contributed by atoms with E-state index in [9.17, 15) is 4.79 Å². The maximum atomic E-state index is 11.3. The Bertz CT molecular complexity index is 220. The summed E-state index contributed by atoms with van der Waals surface area (Å²) in [7, 11) is 0. The van der Waals surface area contributed by atoms with E-state index < -0.39 is 0 Å². The van der Waals surface area contributed by atoms with Crippen LogP contribution in [0.5, 0.6) is 0 Å². The monoisotopic (exact) mass is 241 g/mol. The molecule has 0 saturated carbocycles. The number of carbonyl (C=O) groups excluding carboxylic acids is 1. The lowest BCUT2D eigenvalue weighted by Crippen LogP contribution is -2.34. The number of ether oxygens (including phenoxy) is 1. The molecule has 0 atom stereocenters. The second-order valence-electron chi connectivity index (χ2n) is 5.40. The van der Waals surface area contributed by atoms with Crippen LogP contribution in [-0.2, 0) is 9.53 Å². The topological polar surface area (TPSA) is 29.5 Å². The second-order valence-corrected chi connectivity index (χ2v) is 5.40. The predicted molar refractivity (Wildman–Crippen MR) is 69.9 cm³/mol. The van der Waals surface area contributed by atoms with Gasteiger partial charge in [-0.25, -0.2) is 0 Å². The Labute approximate surface area is 106 Å². The van der Waals surface area contributed by atoms with Gasteiger partial charge in [-0.1, -0.05) is 20.8 Å². The summed E-state index contributed by atoms with van der Waals surface area (Å²) in [6.45, 7) is 10.3. The number of likely N-dealkylation sites (tertiary alicyclic amines) is 1. The van der Waals surface area contributed by atoms with Crippen LogP contribution in [0.4, 0.5) is 0 Å². The van der Waals surface area contributed by atoms with Gasteiger partial charge in [0.05, 0.1) is 12.5 Å². The average Bonchev–Trinajstić information content (AvgIpc) is 2.31. The first kappa shape index (κ1) is 14.5. The highest BCUT2D eigenvalue weighted by molar-refractivity contribution is 5.71. The van der Waals surface area contributed by atoms with Crippen LogP contribution in [0, 0.1) is 11.8 Å². The van der Waals surface area contributed by atoms with E-state index in [-0.39, 0.29) is 11.9 Å². The van der Waals surface area contributed by atoms with Crippen LogP contribution in [0.1, 0.15) is 46.5 Å². The highest BCUT2D eigenvalue weighted by Gasteiger charge is 2.19. The van der Waals surface area contributed by atoms with E-state index in [1.807, 2.05) is 13.8 Å². The van der Waals surface area contributed by atoms with E-state index in [2.05, 4.69) is 11.8 Å². The minimum Gasteiger partial charge on any atom is -0.465 e. The van der Waals surface area contributed by atoms with Crippen molar-refractivity contribution in [3.05, 3.63) is 0 Å². The summed E-state index contributed by atoms with van der Waals surface area (Å²) in [5.74, 6) is 0.692. The van der Waals surface area contributed by atoms with Crippen molar-refractivity contribution < 1.29 is 9.53 Å². The molecule has 0 aliphatic carbocycles. The molecular formula is C14H27NO2. The van der Waals surface area contributed by atoms with Crippen molar-refractivity contribution in [3.8, 4) is 0 Å². The first-order valence-corrected chi connectivity index (χ1v) is 7.02. The highest BCUT2D eigenvalue weighted by Crippen LogP contribution is 2.20. The summed E-state index contributed by atoms with van der Waals surface area (Å²) in [4.78, 5) is 13.8. The summed E-state index contributed by atoms with van der Waals surface area (Å²) in [6, 6.07) is 0. The lowest BCUT2D eigenvalue weighted by molar-refractivity contribution is -0.147. The normalized spacial score (nSPS) is 18.6.